The smallest absolute Gasteiger partial charge is 0.191 e. The van der Waals surface area contributed by atoms with Crippen molar-refractivity contribution in [2.24, 2.45) is 7.05 Å². The first-order valence-electron chi connectivity index (χ1n) is 8.18. The van der Waals surface area contributed by atoms with Gasteiger partial charge in [-0.05, 0) is 19.1 Å². The van der Waals surface area contributed by atoms with Crippen LogP contribution in [0.3, 0.4) is 0 Å². The van der Waals surface area contributed by atoms with Crippen LogP contribution in [0.1, 0.15) is 15.9 Å². The second kappa shape index (κ2) is 7.66. The number of ketones is 1. The van der Waals surface area contributed by atoms with Crippen molar-refractivity contribution >= 4 is 27.4 Å². The van der Waals surface area contributed by atoms with Crippen molar-refractivity contribution < 1.29 is 13.2 Å². The molecule has 0 fully saturated rings. The van der Waals surface area contributed by atoms with Gasteiger partial charge in [-0.2, -0.15) is 0 Å². The molecule has 0 unspecified atom stereocenters. The average Bonchev–Trinajstić information content (AvgIpc) is 3.00. The van der Waals surface area contributed by atoms with E-state index in [1.54, 1.807) is 0 Å². The van der Waals surface area contributed by atoms with Gasteiger partial charge in [0, 0.05) is 24.4 Å². The predicted octanol–water partition coefficient (Wildman–Crippen LogP) is 3.17. The predicted molar refractivity (Wildman–Crippen MR) is 106 cm³/mol. The number of Topliss-reactive ketones (excluding diaryl/α,β-unsaturated/α-hetero) is 1. The molecular weight excluding hydrogens is 382 g/mol. The monoisotopic (exact) mass is 401 g/mol. The van der Waals surface area contributed by atoms with Gasteiger partial charge in [-0.3, -0.25) is 4.79 Å². The summed E-state index contributed by atoms with van der Waals surface area (Å²) in [5.41, 5.74) is 2.60. The van der Waals surface area contributed by atoms with Gasteiger partial charge >= 0.3 is 0 Å². The number of nitrogens with zero attached hydrogens (tertiary/aromatic N) is 3. The molecule has 0 atom stereocenters. The molecule has 0 N–H and O–H groups in total. The normalized spacial score (nSPS) is 11.5. The fraction of sp³-hybridized carbons (Fsp3) is 0.211. The molecule has 1 heterocycles. The van der Waals surface area contributed by atoms with Crippen molar-refractivity contribution in [1.82, 2.24) is 14.8 Å². The standard InChI is InChI=1S/C19H19N3O3S2/c1-13-4-6-15(7-5-13)18-20-21-19(22(18)2)26-12-17(23)14-8-10-16(11-9-14)27(3,24)25/h4-11H,12H2,1-3H3. The summed E-state index contributed by atoms with van der Waals surface area (Å²) in [5.74, 6) is 0.834. The van der Waals surface area contributed by atoms with E-state index >= 15 is 0 Å². The molecule has 3 aromatic rings. The fourth-order valence-corrected chi connectivity index (χ4v) is 3.93. The summed E-state index contributed by atoms with van der Waals surface area (Å²) in [6, 6.07) is 14.0. The van der Waals surface area contributed by atoms with Crippen LogP contribution in [0, 0.1) is 6.92 Å². The number of sulfone groups is 1. The summed E-state index contributed by atoms with van der Waals surface area (Å²) in [5, 5.41) is 9.04. The van der Waals surface area contributed by atoms with E-state index in [0.717, 1.165) is 17.6 Å². The van der Waals surface area contributed by atoms with Gasteiger partial charge in [0.15, 0.2) is 26.6 Å². The Kier molecular flexibility index (Phi) is 5.48. The number of aryl methyl sites for hydroxylation is 1. The van der Waals surface area contributed by atoms with Crippen molar-refractivity contribution in [3.05, 3.63) is 59.7 Å². The van der Waals surface area contributed by atoms with Gasteiger partial charge in [0.2, 0.25) is 0 Å². The van der Waals surface area contributed by atoms with E-state index in [9.17, 15) is 13.2 Å². The lowest BCUT2D eigenvalue weighted by Crippen LogP contribution is -2.05. The van der Waals surface area contributed by atoms with Crippen LogP contribution in [-0.2, 0) is 16.9 Å². The van der Waals surface area contributed by atoms with E-state index in [2.05, 4.69) is 10.2 Å². The zero-order chi connectivity index (χ0) is 19.6. The van der Waals surface area contributed by atoms with Gasteiger partial charge in [-0.25, -0.2) is 8.42 Å². The van der Waals surface area contributed by atoms with Crippen molar-refractivity contribution in [2.45, 2.75) is 17.0 Å². The highest BCUT2D eigenvalue weighted by Crippen LogP contribution is 2.23. The molecule has 1 aromatic heterocycles. The third-order valence-electron chi connectivity index (χ3n) is 4.08. The number of hydrogen-bond acceptors (Lipinski definition) is 6. The number of thioether (sulfide) groups is 1. The topological polar surface area (TPSA) is 81.9 Å². The van der Waals surface area contributed by atoms with Gasteiger partial charge in [0.05, 0.1) is 10.6 Å². The second-order valence-electron chi connectivity index (χ2n) is 6.24. The molecular formula is C19H19N3O3S2. The second-order valence-corrected chi connectivity index (χ2v) is 9.20. The Morgan fingerprint density at radius 2 is 1.67 bits per heavy atom. The number of carbonyl (C=O) groups excluding carboxylic acids is 1. The Bertz CT molecular complexity index is 1070. The van der Waals surface area contributed by atoms with Crippen molar-refractivity contribution in [2.75, 3.05) is 12.0 Å². The van der Waals surface area contributed by atoms with E-state index in [1.165, 1.54) is 41.6 Å². The Hall–Kier alpha value is -2.45. The van der Waals surface area contributed by atoms with Crippen molar-refractivity contribution in [3.8, 4) is 11.4 Å². The van der Waals surface area contributed by atoms with Crippen molar-refractivity contribution in [3.63, 3.8) is 0 Å². The van der Waals surface area contributed by atoms with Crippen LogP contribution in [0.25, 0.3) is 11.4 Å². The molecule has 3 rings (SSSR count). The molecule has 0 aliphatic rings. The summed E-state index contributed by atoms with van der Waals surface area (Å²) in [6.45, 7) is 2.02. The van der Waals surface area contributed by atoms with Crippen LogP contribution < -0.4 is 0 Å². The first-order chi connectivity index (χ1) is 12.8. The number of rotatable bonds is 6. The maximum Gasteiger partial charge on any atom is 0.191 e. The summed E-state index contributed by atoms with van der Waals surface area (Å²) >= 11 is 1.30. The minimum atomic E-state index is -3.27. The molecule has 27 heavy (non-hydrogen) atoms. The minimum Gasteiger partial charge on any atom is -0.305 e. The first-order valence-corrected chi connectivity index (χ1v) is 11.1. The van der Waals surface area contributed by atoms with Gasteiger partial charge in [-0.15, -0.1) is 10.2 Å². The molecule has 140 valence electrons. The largest absolute Gasteiger partial charge is 0.305 e. The Balaban J connectivity index is 1.70. The average molecular weight is 402 g/mol. The summed E-state index contributed by atoms with van der Waals surface area (Å²) in [4.78, 5) is 12.6. The third kappa shape index (κ3) is 4.45. The molecule has 0 spiro atoms. The van der Waals surface area contributed by atoms with E-state index in [1.807, 2.05) is 42.8 Å². The van der Waals surface area contributed by atoms with E-state index in [4.69, 9.17) is 0 Å². The molecule has 0 radical (unpaired) electrons. The SMILES string of the molecule is Cc1ccc(-c2nnc(SCC(=O)c3ccc(S(C)(=O)=O)cc3)n2C)cc1. The highest BCUT2D eigenvalue weighted by Gasteiger charge is 2.14. The van der Waals surface area contributed by atoms with Crippen molar-refractivity contribution in [1.29, 1.82) is 0 Å². The van der Waals surface area contributed by atoms with Crippen LogP contribution in [0.15, 0.2) is 58.6 Å². The quantitative estimate of drug-likeness (QED) is 0.466. The molecule has 6 nitrogen and oxygen atoms in total. The molecule has 0 saturated carbocycles. The zero-order valence-electron chi connectivity index (χ0n) is 15.2. The lowest BCUT2D eigenvalue weighted by Gasteiger charge is -2.05. The van der Waals surface area contributed by atoms with Crippen LogP contribution in [0.2, 0.25) is 0 Å². The number of aromatic nitrogens is 3. The van der Waals surface area contributed by atoms with Gasteiger partial charge in [0.25, 0.3) is 0 Å². The maximum absolute atomic E-state index is 12.4. The zero-order valence-corrected chi connectivity index (χ0v) is 16.8. The molecule has 0 amide bonds. The summed E-state index contributed by atoms with van der Waals surface area (Å²) in [6.07, 6.45) is 1.14. The van der Waals surface area contributed by atoms with Crippen LogP contribution in [-0.4, -0.2) is 41.0 Å². The highest BCUT2D eigenvalue weighted by atomic mass is 32.2. The highest BCUT2D eigenvalue weighted by molar-refractivity contribution is 7.99. The molecule has 0 aliphatic heterocycles. The molecule has 0 bridgehead atoms. The molecule has 2 aromatic carbocycles. The minimum absolute atomic E-state index is 0.0973. The van der Waals surface area contributed by atoms with Gasteiger partial charge in [-0.1, -0.05) is 53.7 Å². The Morgan fingerprint density at radius 1 is 1.04 bits per heavy atom. The van der Waals surface area contributed by atoms with Crippen LogP contribution in [0.4, 0.5) is 0 Å². The third-order valence-corrected chi connectivity index (χ3v) is 6.23. The molecule has 0 aliphatic carbocycles. The van der Waals surface area contributed by atoms with Crippen LogP contribution in [0.5, 0.6) is 0 Å². The Labute approximate surface area is 162 Å². The van der Waals surface area contributed by atoms with Gasteiger partial charge in [0.1, 0.15) is 0 Å². The van der Waals surface area contributed by atoms with E-state index < -0.39 is 9.84 Å². The molecule has 0 saturated heterocycles. The van der Waals surface area contributed by atoms with E-state index in [-0.39, 0.29) is 16.4 Å². The first kappa shape index (κ1) is 19.3. The van der Waals surface area contributed by atoms with Crippen LogP contribution >= 0.6 is 11.8 Å². The lowest BCUT2D eigenvalue weighted by atomic mass is 10.1. The van der Waals surface area contributed by atoms with Gasteiger partial charge < -0.3 is 4.57 Å². The van der Waals surface area contributed by atoms with E-state index in [0.29, 0.717) is 10.7 Å². The summed E-state index contributed by atoms with van der Waals surface area (Å²) in [7, 11) is -1.41. The summed E-state index contributed by atoms with van der Waals surface area (Å²) < 4.78 is 24.8. The Morgan fingerprint density at radius 3 is 2.26 bits per heavy atom. The maximum atomic E-state index is 12.4. The molecule has 8 heteroatoms. The lowest BCUT2D eigenvalue weighted by molar-refractivity contribution is 0.102. The number of benzene rings is 2. The fourth-order valence-electron chi connectivity index (χ4n) is 2.50. The number of hydrogen-bond donors (Lipinski definition) is 0. The number of carbonyl (C=O) groups is 1.